The van der Waals surface area contributed by atoms with E-state index in [4.69, 9.17) is 0 Å². The monoisotopic (exact) mass is 284 g/mol. The Balaban J connectivity index is 2.32. The van der Waals surface area contributed by atoms with E-state index in [0.717, 1.165) is 16.0 Å². The Bertz CT molecular complexity index is 643. The number of rotatable bonds is 4. The van der Waals surface area contributed by atoms with Crippen molar-refractivity contribution in [1.29, 1.82) is 0 Å². The molecule has 7 heteroatoms. The van der Waals surface area contributed by atoms with E-state index in [9.17, 15) is 13.2 Å². The fourth-order valence-corrected chi connectivity index (χ4v) is 3.68. The van der Waals surface area contributed by atoms with Gasteiger partial charge in [0.15, 0.2) is 0 Å². The van der Waals surface area contributed by atoms with Crippen molar-refractivity contribution in [2.45, 2.75) is 24.1 Å². The Morgan fingerprint density at radius 2 is 2.11 bits per heavy atom. The molecule has 2 rings (SSSR count). The average molecular weight is 284 g/mol. The maximum absolute atomic E-state index is 11.9. The van der Waals surface area contributed by atoms with Crippen LogP contribution in [0, 0.1) is 0 Å². The number of sulfonamides is 1. The summed E-state index contributed by atoms with van der Waals surface area (Å²) in [4.78, 5) is 15.3. The van der Waals surface area contributed by atoms with Gasteiger partial charge >= 0.3 is 0 Å². The molecular formula is C11H12N2O3S2. The van der Waals surface area contributed by atoms with Crippen LogP contribution in [0.4, 0.5) is 0 Å². The second-order valence-electron chi connectivity index (χ2n) is 3.73. The first-order valence-corrected chi connectivity index (χ1v) is 7.74. The van der Waals surface area contributed by atoms with Crippen LogP contribution in [0.3, 0.4) is 0 Å². The van der Waals surface area contributed by atoms with Gasteiger partial charge in [-0.15, -0.1) is 11.3 Å². The summed E-state index contributed by atoms with van der Waals surface area (Å²) in [6.07, 6.45) is 0.783. The molecule has 0 aliphatic heterocycles. The van der Waals surface area contributed by atoms with Crippen molar-refractivity contribution < 1.29 is 13.2 Å². The van der Waals surface area contributed by atoms with Gasteiger partial charge in [0.2, 0.25) is 10.2 Å². The van der Waals surface area contributed by atoms with E-state index in [1.165, 1.54) is 0 Å². The lowest BCUT2D eigenvalue weighted by Gasteiger charge is -2.02. The number of nitrogens with one attached hydrogen (secondary N) is 1. The Morgan fingerprint density at radius 1 is 1.39 bits per heavy atom. The van der Waals surface area contributed by atoms with Crippen LogP contribution < -0.4 is 4.72 Å². The Kier molecular flexibility index (Phi) is 3.63. The van der Waals surface area contributed by atoms with Gasteiger partial charge in [-0.25, -0.2) is 9.71 Å². The number of nitrogens with zero attached hydrogens (tertiary/aromatic N) is 1. The number of benzene rings is 1. The molecule has 0 unspecified atom stereocenters. The molecule has 0 saturated heterocycles. The summed E-state index contributed by atoms with van der Waals surface area (Å²) < 4.78 is 26.5. The topological polar surface area (TPSA) is 76.1 Å². The van der Waals surface area contributed by atoms with Crippen LogP contribution in [-0.4, -0.2) is 19.3 Å². The highest BCUT2D eigenvalue weighted by molar-refractivity contribution is 7.92. The number of carbonyl (C=O) groups excluding carboxylic acids is 1. The number of amides is 1. The van der Waals surface area contributed by atoms with Crippen molar-refractivity contribution in [1.82, 2.24) is 9.71 Å². The first-order chi connectivity index (χ1) is 8.53. The van der Waals surface area contributed by atoms with Gasteiger partial charge in [0.1, 0.15) is 0 Å². The van der Waals surface area contributed by atoms with E-state index in [-0.39, 0.29) is 10.8 Å². The van der Waals surface area contributed by atoms with Gasteiger partial charge in [0.25, 0.3) is 10.0 Å². The molecule has 1 amide bonds. The molecule has 0 radical (unpaired) electrons. The van der Waals surface area contributed by atoms with Gasteiger partial charge in [-0.3, -0.25) is 4.79 Å². The second kappa shape index (κ2) is 5.03. The molecule has 18 heavy (non-hydrogen) atoms. The lowest BCUT2D eigenvalue weighted by Crippen LogP contribution is -2.30. The maximum atomic E-state index is 11.9. The lowest BCUT2D eigenvalue weighted by molar-refractivity contribution is -0.119. The third kappa shape index (κ3) is 2.68. The zero-order valence-electron chi connectivity index (χ0n) is 9.71. The van der Waals surface area contributed by atoms with Gasteiger partial charge in [-0.1, -0.05) is 19.1 Å². The quantitative estimate of drug-likeness (QED) is 0.930. The highest BCUT2D eigenvalue weighted by Crippen LogP contribution is 2.24. The molecule has 0 aliphatic carbocycles. The standard InChI is InChI=1S/C11H12N2O3S2/c1-2-5-10(14)13-18(15,16)11-12-8-6-3-4-7-9(8)17-11/h3-4,6-7H,2,5H2,1H3,(H,13,14). The van der Waals surface area contributed by atoms with Gasteiger partial charge in [0, 0.05) is 6.42 Å². The van der Waals surface area contributed by atoms with Gasteiger partial charge in [-0.2, -0.15) is 8.42 Å². The number of thiazole rings is 1. The number of aromatic nitrogens is 1. The number of fused-ring (bicyclic) bond motifs is 1. The third-order valence-corrected chi connectivity index (χ3v) is 5.02. The fraction of sp³-hybridized carbons (Fsp3) is 0.273. The number of hydrogen-bond acceptors (Lipinski definition) is 5. The minimum absolute atomic E-state index is 0.0758. The summed E-state index contributed by atoms with van der Waals surface area (Å²) in [7, 11) is -3.84. The first-order valence-electron chi connectivity index (χ1n) is 5.44. The van der Waals surface area contributed by atoms with Crippen LogP contribution in [0.15, 0.2) is 28.6 Å². The SMILES string of the molecule is CCCC(=O)NS(=O)(=O)c1nc2ccccc2s1. The van der Waals surface area contributed by atoms with Crippen LogP contribution in [0.2, 0.25) is 0 Å². The predicted octanol–water partition coefficient (Wildman–Crippen LogP) is 1.90. The van der Waals surface area contributed by atoms with E-state index in [1.807, 2.05) is 17.7 Å². The summed E-state index contributed by atoms with van der Waals surface area (Å²) >= 11 is 1.05. The molecule has 1 N–H and O–H groups in total. The van der Waals surface area contributed by atoms with Crippen molar-refractivity contribution >= 4 is 37.5 Å². The van der Waals surface area contributed by atoms with Crippen molar-refractivity contribution in [2.75, 3.05) is 0 Å². The van der Waals surface area contributed by atoms with Crippen LogP contribution in [0.1, 0.15) is 19.8 Å². The first kappa shape index (κ1) is 13.0. The molecule has 0 spiro atoms. The Labute approximate surface area is 109 Å². The van der Waals surface area contributed by atoms with Crippen LogP contribution in [-0.2, 0) is 14.8 Å². The largest absolute Gasteiger partial charge is 0.291 e. The number of para-hydroxylation sites is 1. The average Bonchev–Trinajstić information content (AvgIpc) is 2.72. The molecular weight excluding hydrogens is 272 g/mol. The normalized spacial score (nSPS) is 11.6. The molecule has 96 valence electrons. The lowest BCUT2D eigenvalue weighted by atomic mass is 10.3. The summed E-state index contributed by atoms with van der Waals surface area (Å²) in [6.45, 7) is 1.81. The van der Waals surface area contributed by atoms with Gasteiger partial charge in [0.05, 0.1) is 10.2 Å². The van der Waals surface area contributed by atoms with Crippen LogP contribution in [0.25, 0.3) is 10.2 Å². The van der Waals surface area contributed by atoms with Crippen molar-refractivity contribution in [3.63, 3.8) is 0 Å². The molecule has 1 aromatic carbocycles. The van der Waals surface area contributed by atoms with E-state index in [0.29, 0.717) is 11.9 Å². The smallest absolute Gasteiger partial charge is 0.274 e. The summed E-state index contributed by atoms with van der Waals surface area (Å²) in [5.74, 6) is -0.503. The van der Waals surface area contributed by atoms with Gasteiger partial charge < -0.3 is 0 Å². The molecule has 1 heterocycles. The molecule has 0 bridgehead atoms. The maximum Gasteiger partial charge on any atom is 0.291 e. The summed E-state index contributed by atoms with van der Waals surface area (Å²) in [6, 6.07) is 7.12. The predicted molar refractivity (Wildman–Crippen MR) is 69.9 cm³/mol. The molecule has 5 nitrogen and oxygen atoms in total. The third-order valence-electron chi connectivity index (χ3n) is 2.23. The summed E-state index contributed by atoms with van der Waals surface area (Å²) in [5, 5.41) is 0. The van der Waals surface area contributed by atoms with E-state index < -0.39 is 15.9 Å². The molecule has 0 aliphatic rings. The highest BCUT2D eigenvalue weighted by Gasteiger charge is 2.21. The Hall–Kier alpha value is -1.47. The highest BCUT2D eigenvalue weighted by atomic mass is 32.2. The Morgan fingerprint density at radius 3 is 2.78 bits per heavy atom. The molecule has 0 fully saturated rings. The van der Waals surface area contributed by atoms with E-state index in [2.05, 4.69) is 4.98 Å². The van der Waals surface area contributed by atoms with E-state index >= 15 is 0 Å². The van der Waals surface area contributed by atoms with Crippen molar-refractivity contribution in [3.05, 3.63) is 24.3 Å². The fourth-order valence-electron chi connectivity index (χ4n) is 1.44. The molecule has 2 aromatic rings. The minimum Gasteiger partial charge on any atom is -0.274 e. The van der Waals surface area contributed by atoms with Crippen LogP contribution in [0.5, 0.6) is 0 Å². The second-order valence-corrected chi connectivity index (χ2v) is 6.61. The van der Waals surface area contributed by atoms with E-state index in [1.54, 1.807) is 18.2 Å². The van der Waals surface area contributed by atoms with Gasteiger partial charge in [-0.05, 0) is 18.6 Å². The number of hydrogen-bond donors (Lipinski definition) is 1. The molecule has 0 atom stereocenters. The minimum atomic E-state index is -3.84. The molecule has 1 aromatic heterocycles. The zero-order valence-corrected chi connectivity index (χ0v) is 11.3. The number of carbonyl (C=O) groups is 1. The van der Waals surface area contributed by atoms with Crippen LogP contribution >= 0.6 is 11.3 Å². The summed E-state index contributed by atoms with van der Waals surface area (Å²) in [5.41, 5.74) is 0.616. The molecule has 0 saturated carbocycles. The zero-order chi connectivity index (χ0) is 13.2. The van der Waals surface area contributed by atoms with Crippen molar-refractivity contribution in [2.24, 2.45) is 0 Å². The van der Waals surface area contributed by atoms with Crippen molar-refractivity contribution in [3.8, 4) is 0 Å².